The molecule has 3 rings (SSSR count). The third kappa shape index (κ3) is 9.19. The van der Waals surface area contributed by atoms with Crippen molar-refractivity contribution in [3.8, 4) is 11.5 Å². The second-order valence-electron chi connectivity index (χ2n) is 10.4. The first kappa shape index (κ1) is 33.1. The zero-order valence-electron chi connectivity index (χ0n) is 24.3. The van der Waals surface area contributed by atoms with Crippen LogP contribution in [0.2, 0.25) is 0 Å². The van der Waals surface area contributed by atoms with E-state index in [-0.39, 0.29) is 17.0 Å². The van der Waals surface area contributed by atoms with Crippen LogP contribution < -0.4 is 31.8 Å². The summed E-state index contributed by atoms with van der Waals surface area (Å²) in [5, 5.41) is 3.70. The lowest BCUT2D eigenvalue weighted by atomic mass is 9.90. The van der Waals surface area contributed by atoms with Crippen molar-refractivity contribution in [1.82, 2.24) is 0 Å². The van der Waals surface area contributed by atoms with E-state index in [1.807, 2.05) is 0 Å². The van der Waals surface area contributed by atoms with Gasteiger partial charge in [0.15, 0.2) is 35.4 Å². The average molecular weight is 610 g/mol. The minimum atomic E-state index is -0.805. The van der Waals surface area contributed by atoms with E-state index in [9.17, 15) is 8.78 Å². The number of halogens is 3. The van der Waals surface area contributed by atoms with E-state index >= 15 is 0 Å². The van der Waals surface area contributed by atoms with Crippen molar-refractivity contribution in [2.24, 2.45) is 0 Å². The molecule has 39 heavy (non-hydrogen) atoms. The molecule has 0 saturated carbocycles. The van der Waals surface area contributed by atoms with Crippen LogP contribution >= 0.6 is 0 Å². The minimum Gasteiger partial charge on any atom is -1.00 e. The maximum Gasteiger partial charge on any atom is 0.184 e. The van der Waals surface area contributed by atoms with Gasteiger partial charge in [0.1, 0.15) is 6.54 Å². The van der Waals surface area contributed by atoms with E-state index in [0.717, 1.165) is 61.5 Å². The van der Waals surface area contributed by atoms with Crippen molar-refractivity contribution >= 4 is 11.4 Å². The van der Waals surface area contributed by atoms with Crippen LogP contribution in [0.1, 0.15) is 101 Å². The van der Waals surface area contributed by atoms with Crippen LogP contribution in [0, 0.1) is 11.6 Å². The fourth-order valence-electron chi connectivity index (χ4n) is 5.45. The van der Waals surface area contributed by atoms with Crippen LogP contribution in [0.3, 0.4) is 0 Å². The number of hydrogen-bond donors (Lipinski definition) is 1. The summed E-state index contributed by atoms with van der Waals surface area (Å²) in [5.41, 5.74) is 5.51. The molecule has 0 unspecified atom stereocenters. The average Bonchev–Trinajstić information content (AvgIpc) is 2.92. The van der Waals surface area contributed by atoms with Gasteiger partial charge in [-0.25, -0.2) is 13.4 Å². The molecule has 218 valence electrons. The van der Waals surface area contributed by atoms with Crippen LogP contribution in [0.25, 0.3) is 0 Å². The van der Waals surface area contributed by atoms with E-state index in [4.69, 9.17) is 9.47 Å². The third-order valence-electron chi connectivity index (χ3n) is 7.56. The summed E-state index contributed by atoms with van der Waals surface area (Å²) in [6, 6.07) is 6.35. The Morgan fingerprint density at radius 3 is 2.18 bits per heavy atom. The van der Waals surface area contributed by atoms with E-state index < -0.39 is 11.6 Å². The van der Waals surface area contributed by atoms with Gasteiger partial charge >= 0.3 is 0 Å². The normalized spacial score (nSPS) is 12.7. The zero-order chi connectivity index (χ0) is 27.3. The molecule has 1 aliphatic rings. The quantitative estimate of drug-likeness (QED) is 0.196. The van der Waals surface area contributed by atoms with E-state index in [1.165, 1.54) is 80.3 Å². The van der Waals surface area contributed by atoms with Crippen molar-refractivity contribution in [2.75, 3.05) is 32.6 Å². The first-order valence-electron chi connectivity index (χ1n) is 14.6. The van der Waals surface area contributed by atoms with Gasteiger partial charge in [-0.15, -0.1) is 0 Å². The maximum atomic E-state index is 14.0. The largest absolute Gasteiger partial charge is 1.00 e. The Balaban J connectivity index is 0.00000533. The highest BCUT2D eigenvalue weighted by Gasteiger charge is 2.31. The minimum absolute atomic E-state index is 0. The van der Waals surface area contributed by atoms with E-state index in [0.29, 0.717) is 6.54 Å². The lowest BCUT2D eigenvalue weighted by Crippen LogP contribution is -3.00. The number of fused-ring (bicyclic) bond motifs is 1. The number of nitrogens with zero attached hydrogens (tertiary/aromatic N) is 1. The summed E-state index contributed by atoms with van der Waals surface area (Å²) in [4.78, 5) is 0. The monoisotopic (exact) mass is 608 g/mol. The number of nitrogens with one attached hydrogen (secondary N) is 1. The summed E-state index contributed by atoms with van der Waals surface area (Å²) in [5.74, 6) is -0.119. The fraction of sp³-hybridized carbons (Fsp3) is 0.594. The van der Waals surface area contributed by atoms with Crippen LogP contribution in [-0.2, 0) is 13.0 Å². The topological polar surface area (TPSA) is 33.5 Å². The van der Waals surface area contributed by atoms with Gasteiger partial charge in [-0.2, -0.15) is 0 Å². The summed E-state index contributed by atoms with van der Waals surface area (Å²) in [6.45, 7) is 6.73. The van der Waals surface area contributed by atoms with Crippen molar-refractivity contribution in [3.05, 3.63) is 52.6 Å². The van der Waals surface area contributed by atoms with Gasteiger partial charge in [-0.3, -0.25) is 0 Å². The molecule has 0 bridgehead atoms. The smallest absolute Gasteiger partial charge is 0.184 e. The molecular weight excluding hydrogens is 562 g/mol. The lowest BCUT2D eigenvalue weighted by Gasteiger charge is -2.25. The molecule has 1 aliphatic heterocycles. The van der Waals surface area contributed by atoms with Gasteiger partial charge in [0.05, 0.1) is 25.5 Å². The lowest BCUT2D eigenvalue weighted by molar-refractivity contribution is -0.545. The second kappa shape index (κ2) is 17.5. The van der Waals surface area contributed by atoms with Crippen molar-refractivity contribution in [3.63, 3.8) is 0 Å². The molecule has 0 radical (unpaired) electrons. The first-order chi connectivity index (χ1) is 18.5. The molecule has 0 spiro atoms. The molecule has 1 heterocycles. The number of ether oxygens (including phenoxy) is 2. The third-order valence-corrected chi connectivity index (χ3v) is 7.56. The van der Waals surface area contributed by atoms with Crippen LogP contribution in [0.5, 0.6) is 11.5 Å². The molecule has 0 atom stereocenters. The molecule has 0 saturated heterocycles. The number of benzene rings is 2. The molecule has 0 amide bonds. The molecule has 0 aliphatic carbocycles. The number of unbranched alkanes of at least 4 members (excludes halogenated alkanes) is 8. The Labute approximate surface area is 245 Å². The Morgan fingerprint density at radius 1 is 0.846 bits per heavy atom. The molecule has 0 aromatic heterocycles. The van der Waals surface area contributed by atoms with Crippen LogP contribution in [0.4, 0.5) is 14.5 Å². The number of hydrogen-bond acceptors (Lipinski definition) is 3. The van der Waals surface area contributed by atoms with Crippen LogP contribution in [0.15, 0.2) is 24.3 Å². The summed E-state index contributed by atoms with van der Waals surface area (Å²) >= 11 is 0. The first-order valence-corrected chi connectivity index (χ1v) is 14.6. The van der Waals surface area contributed by atoms with Gasteiger partial charge < -0.3 is 31.8 Å². The molecule has 1 N–H and O–H groups in total. The van der Waals surface area contributed by atoms with Crippen molar-refractivity contribution < 1.29 is 39.8 Å². The highest BCUT2D eigenvalue weighted by atomic mass is 79.9. The zero-order valence-corrected chi connectivity index (χ0v) is 25.9. The number of anilines is 1. The van der Waals surface area contributed by atoms with E-state index in [1.54, 1.807) is 20.3 Å². The predicted octanol–water partition coefficient (Wildman–Crippen LogP) is 5.29. The summed E-state index contributed by atoms with van der Waals surface area (Å²) in [7, 11) is 3.39. The molecule has 7 heteroatoms. The predicted molar refractivity (Wildman–Crippen MR) is 153 cm³/mol. The number of rotatable bonds is 17. The van der Waals surface area contributed by atoms with Crippen LogP contribution in [-0.4, -0.2) is 37.6 Å². The Hall–Kier alpha value is -2.15. The van der Waals surface area contributed by atoms with Crippen molar-refractivity contribution in [2.45, 2.75) is 97.4 Å². The molecule has 0 fully saturated rings. The highest BCUT2D eigenvalue weighted by Crippen LogP contribution is 2.42. The van der Waals surface area contributed by atoms with Gasteiger partial charge in [0.25, 0.3) is 0 Å². The van der Waals surface area contributed by atoms with Gasteiger partial charge in [-0.1, -0.05) is 65.2 Å². The Morgan fingerprint density at radius 2 is 1.54 bits per heavy atom. The molecule has 2 aromatic carbocycles. The molecule has 4 nitrogen and oxygen atoms in total. The highest BCUT2D eigenvalue weighted by molar-refractivity contribution is 6.01. The number of methoxy groups -OCH3 is 2. The maximum absolute atomic E-state index is 14.0. The Kier molecular flexibility index (Phi) is 14.9. The SMILES string of the molecule is CCCCCCCNc1c2c(cc(OC)c1OC)C(CCCCCCC)=[N+](Cc1ccc(F)c(F)c1)CC2.[Br-]. The standard InChI is InChI=1S/C32H47F2N2O2.BrH/c1-5-7-9-11-13-15-29-26-22-30(37-3)32(38-4)31(35-19-14-12-10-8-6-2)25(26)18-20-36(29)23-24-16-17-27(33)28(34)21-24;/h16-17,21-22,35H,5-15,18-20,23H2,1-4H3;1H/q+1;/p-1. The molecular formula is C32H47BrF2N2O2. The van der Waals surface area contributed by atoms with Gasteiger partial charge in [0.2, 0.25) is 0 Å². The summed E-state index contributed by atoms with van der Waals surface area (Å²) in [6.07, 6.45) is 13.9. The van der Waals surface area contributed by atoms with Crippen molar-refractivity contribution in [1.29, 1.82) is 0 Å². The second-order valence-corrected chi connectivity index (χ2v) is 10.4. The van der Waals surface area contributed by atoms with Gasteiger partial charge in [-0.05, 0) is 42.7 Å². The fourth-order valence-corrected chi connectivity index (χ4v) is 5.45. The van der Waals surface area contributed by atoms with Gasteiger partial charge in [0, 0.05) is 24.9 Å². The summed E-state index contributed by atoms with van der Waals surface area (Å²) < 4.78 is 41.6. The Bertz CT molecular complexity index is 1070. The van der Waals surface area contributed by atoms with E-state index in [2.05, 4.69) is 29.8 Å². The molecule has 2 aromatic rings.